The van der Waals surface area contributed by atoms with E-state index in [2.05, 4.69) is 5.32 Å². The number of rotatable bonds is 6. The van der Waals surface area contributed by atoms with Crippen molar-refractivity contribution in [3.8, 4) is 0 Å². The number of benzene rings is 2. The molecule has 0 aliphatic heterocycles. The molecule has 0 radical (unpaired) electrons. The average Bonchev–Trinajstić information content (AvgIpc) is 3.37. The lowest BCUT2D eigenvalue weighted by atomic mass is 10.2. The van der Waals surface area contributed by atoms with Gasteiger partial charge in [-0.2, -0.15) is 0 Å². The zero-order chi connectivity index (χ0) is 18.0. The van der Waals surface area contributed by atoms with Gasteiger partial charge >= 0.3 is 0 Å². The molecular formula is C19H19Cl2FN2O. The van der Waals surface area contributed by atoms with Crippen LogP contribution < -0.4 is 5.32 Å². The topological polar surface area (TPSA) is 32.3 Å². The smallest absolute Gasteiger partial charge is 0.238 e. The fraction of sp³-hybridized carbons (Fsp3) is 0.316. The van der Waals surface area contributed by atoms with Crippen molar-refractivity contribution in [1.29, 1.82) is 0 Å². The van der Waals surface area contributed by atoms with Gasteiger partial charge in [-0.15, -0.1) is 0 Å². The van der Waals surface area contributed by atoms with Crippen LogP contribution >= 0.6 is 23.2 Å². The third-order valence-electron chi connectivity index (χ3n) is 4.23. The molecule has 0 atom stereocenters. The molecule has 3 rings (SSSR count). The van der Waals surface area contributed by atoms with Gasteiger partial charge in [0, 0.05) is 23.2 Å². The highest BCUT2D eigenvalue weighted by Gasteiger charge is 2.31. The Morgan fingerprint density at radius 1 is 1.24 bits per heavy atom. The molecule has 1 fully saturated rings. The van der Waals surface area contributed by atoms with E-state index in [9.17, 15) is 9.18 Å². The number of anilines is 1. The second kappa shape index (κ2) is 7.73. The number of nitrogens with one attached hydrogen (secondary N) is 1. The average molecular weight is 381 g/mol. The van der Waals surface area contributed by atoms with Gasteiger partial charge in [-0.1, -0.05) is 35.3 Å². The molecule has 0 bridgehead atoms. The number of carbonyl (C=O) groups excluding carboxylic acids is 1. The quantitative estimate of drug-likeness (QED) is 0.760. The monoisotopic (exact) mass is 380 g/mol. The van der Waals surface area contributed by atoms with E-state index in [0.717, 1.165) is 18.4 Å². The van der Waals surface area contributed by atoms with E-state index in [1.807, 2.05) is 17.9 Å². The molecule has 2 aromatic carbocycles. The Labute approximate surface area is 156 Å². The Morgan fingerprint density at radius 2 is 2.00 bits per heavy atom. The van der Waals surface area contributed by atoms with E-state index in [0.29, 0.717) is 27.8 Å². The zero-order valence-corrected chi connectivity index (χ0v) is 15.4. The lowest BCUT2D eigenvalue weighted by molar-refractivity contribution is -0.117. The second-order valence-corrected chi connectivity index (χ2v) is 7.18. The Hall–Kier alpha value is -1.62. The largest absolute Gasteiger partial charge is 0.324 e. The molecule has 2 aromatic rings. The fourth-order valence-electron chi connectivity index (χ4n) is 2.74. The van der Waals surface area contributed by atoms with E-state index in [4.69, 9.17) is 23.2 Å². The van der Waals surface area contributed by atoms with Crippen LogP contribution in [0.15, 0.2) is 36.4 Å². The minimum Gasteiger partial charge on any atom is -0.324 e. The number of carbonyl (C=O) groups is 1. The summed E-state index contributed by atoms with van der Waals surface area (Å²) in [5.41, 5.74) is 2.03. The molecule has 0 spiro atoms. The minimum atomic E-state index is -0.347. The third-order valence-corrected chi connectivity index (χ3v) is 4.90. The number of amides is 1. The van der Waals surface area contributed by atoms with Crippen molar-refractivity contribution in [3.63, 3.8) is 0 Å². The summed E-state index contributed by atoms with van der Waals surface area (Å²) in [6.45, 7) is 2.41. The molecule has 1 aliphatic carbocycles. The molecular weight excluding hydrogens is 362 g/mol. The molecule has 1 N–H and O–H groups in total. The first-order valence-electron chi connectivity index (χ1n) is 8.17. The van der Waals surface area contributed by atoms with Gasteiger partial charge in [0.1, 0.15) is 5.82 Å². The zero-order valence-electron chi connectivity index (χ0n) is 13.9. The maximum Gasteiger partial charge on any atom is 0.238 e. The van der Waals surface area contributed by atoms with E-state index in [-0.39, 0.29) is 24.3 Å². The third kappa shape index (κ3) is 4.72. The summed E-state index contributed by atoms with van der Waals surface area (Å²) < 4.78 is 14.0. The first-order valence-corrected chi connectivity index (χ1v) is 8.92. The summed E-state index contributed by atoms with van der Waals surface area (Å²) in [6, 6.07) is 10.4. The van der Waals surface area contributed by atoms with Crippen molar-refractivity contribution in [3.05, 3.63) is 63.4 Å². The van der Waals surface area contributed by atoms with Gasteiger partial charge in [-0.25, -0.2) is 4.39 Å². The van der Waals surface area contributed by atoms with E-state index >= 15 is 0 Å². The van der Waals surface area contributed by atoms with Gasteiger partial charge < -0.3 is 5.32 Å². The Kier molecular flexibility index (Phi) is 5.62. The van der Waals surface area contributed by atoms with Crippen LogP contribution in [0.3, 0.4) is 0 Å². The molecule has 0 aromatic heterocycles. The first-order chi connectivity index (χ1) is 11.9. The maximum absolute atomic E-state index is 14.0. The molecule has 25 heavy (non-hydrogen) atoms. The van der Waals surface area contributed by atoms with Crippen LogP contribution in [0, 0.1) is 12.7 Å². The number of halogens is 3. The van der Waals surface area contributed by atoms with Crippen molar-refractivity contribution < 1.29 is 9.18 Å². The van der Waals surface area contributed by atoms with Crippen LogP contribution in [0.25, 0.3) is 0 Å². The number of hydrogen-bond donors (Lipinski definition) is 1. The van der Waals surface area contributed by atoms with Crippen LogP contribution in [0.5, 0.6) is 0 Å². The normalized spacial score (nSPS) is 14.0. The second-order valence-electron chi connectivity index (χ2n) is 6.37. The van der Waals surface area contributed by atoms with Gasteiger partial charge in [-0.3, -0.25) is 9.69 Å². The Morgan fingerprint density at radius 3 is 2.64 bits per heavy atom. The molecule has 1 aliphatic rings. The van der Waals surface area contributed by atoms with Gasteiger partial charge in [0.15, 0.2) is 0 Å². The van der Waals surface area contributed by atoms with Crippen molar-refractivity contribution in [1.82, 2.24) is 4.90 Å². The molecule has 132 valence electrons. The predicted molar refractivity (Wildman–Crippen MR) is 99.7 cm³/mol. The summed E-state index contributed by atoms with van der Waals surface area (Å²) in [7, 11) is 0. The van der Waals surface area contributed by atoms with Gasteiger partial charge in [0.2, 0.25) is 5.91 Å². The van der Waals surface area contributed by atoms with Crippen molar-refractivity contribution in [2.75, 3.05) is 11.9 Å². The highest BCUT2D eigenvalue weighted by Crippen LogP contribution is 2.31. The number of nitrogens with zero attached hydrogens (tertiary/aromatic N) is 1. The predicted octanol–water partition coefficient (Wildman–Crippen LogP) is 5.04. The summed E-state index contributed by atoms with van der Waals surface area (Å²) in [5, 5.41) is 3.71. The van der Waals surface area contributed by atoms with Crippen LogP contribution in [-0.2, 0) is 11.3 Å². The molecule has 6 heteroatoms. The maximum atomic E-state index is 14.0. The molecule has 1 amide bonds. The summed E-state index contributed by atoms with van der Waals surface area (Å²) >= 11 is 12.3. The molecule has 0 saturated heterocycles. The highest BCUT2D eigenvalue weighted by molar-refractivity contribution is 6.33. The van der Waals surface area contributed by atoms with Gasteiger partial charge in [0.05, 0.1) is 17.3 Å². The molecule has 0 heterocycles. The van der Waals surface area contributed by atoms with Gasteiger partial charge in [0.25, 0.3) is 0 Å². The summed E-state index contributed by atoms with van der Waals surface area (Å²) in [6.07, 6.45) is 2.01. The van der Waals surface area contributed by atoms with E-state index < -0.39 is 0 Å². The van der Waals surface area contributed by atoms with Crippen LogP contribution in [0.4, 0.5) is 10.1 Å². The van der Waals surface area contributed by atoms with E-state index in [1.54, 1.807) is 24.3 Å². The lowest BCUT2D eigenvalue weighted by Gasteiger charge is -2.22. The van der Waals surface area contributed by atoms with Crippen LogP contribution in [0.2, 0.25) is 10.0 Å². The summed E-state index contributed by atoms with van der Waals surface area (Å²) in [4.78, 5) is 14.4. The number of aryl methyl sites for hydroxylation is 1. The van der Waals surface area contributed by atoms with E-state index in [1.165, 1.54) is 6.07 Å². The Balaban J connectivity index is 1.68. The standard InChI is InChI=1S/C19H19Cl2FN2O/c1-12-5-8-18(16(21)9-12)23-19(25)11-24(13-6-7-13)10-14-15(20)3-2-4-17(14)22/h2-5,8-9,13H,6-7,10-11H2,1H3,(H,23,25). The Bertz CT molecular complexity index is 773. The summed E-state index contributed by atoms with van der Waals surface area (Å²) in [5.74, 6) is -0.523. The SMILES string of the molecule is Cc1ccc(NC(=O)CN(Cc2c(F)cccc2Cl)C2CC2)c(Cl)c1. The van der Waals surface area contributed by atoms with Crippen LogP contribution in [-0.4, -0.2) is 23.4 Å². The fourth-order valence-corrected chi connectivity index (χ4v) is 3.24. The van der Waals surface area contributed by atoms with Crippen molar-refractivity contribution in [2.24, 2.45) is 0 Å². The first kappa shape index (κ1) is 18.2. The van der Waals surface area contributed by atoms with Crippen molar-refractivity contribution in [2.45, 2.75) is 32.4 Å². The molecule has 1 saturated carbocycles. The molecule has 3 nitrogen and oxygen atoms in total. The molecule has 0 unspecified atom stereocenters. The highest BCUT2D eigenvalue weighted by atomic mass is 35.5. The van der Waals surface area contributed by atoms with Crippen molar-refractivity contribution >= 4 is 34.8 Å². The minimum absolute atomic E-state index is 0.166. The lowest BCUT2D eigenvalue weighted by Crippen LogP contribution is -2.35. The van der Waals surface area contributed by atoms with Gasteiger partial charge in [-0.05, 0) is 49.6 Å². The number of hydrogen-bond acceptors (Lipinski definition) is 2. The van der Waals surface area contributed by atoms with Crippen LogP contribution in [0.1, 0.15) is 24.0 Å².